The molecule has 33 heavy (non-hydrogen) atoms. The number of unbranched alkanes of at least 4 members (excludes halogenated alkanes) is 1. The molecule has 0 atom stereocenters. The molecule has 1 aliphatic heterocycles. The number of rotatable bonds is 7. The fourth-order valence-corrected chi connectivity index (χ4v) is 4.43. The molecule has 5 rings (SSSR count). The van der Waals surface area contributed by atoms with Crippen LogP contribution in [0.3, 0.4) is 0 Å². The number of morpholine rings is 1. The lowest BCUT2D eigenvalue weighted by Gasteiger charge is -2.26. The largest absolute Gasteiger partial charge is 0.378 e. The van der Waals surface area contributed by atoms with Gasteiger partial charge >= 0.3 is 0 Å². The Labute approximate surface area is 193 Å². The second-order valence-electron chi connectivity index (χ2n) is 8.45. The van der Waals surface area contributed by atoms with Crippen LogP contribution in [-0.2, 0) is 17.7 Å². The van der Waals surface area contributed by atoms with Crippen molar-refractivity contribution in [2.45, 2.75) is 32.7 Å². The maximum atomic E-state index is 13.1. The normalized spacial score (nSPS) is 14.2. The quantitative estimate of drug-likeness (QED) is 0.393. The van der Waals surface area contributed by atoms with Crippen molar-refractivity contribution in [2.24, 2.45) is 0 Å². The number of carbonyl (C=O) groups is 1. The number of ether oxygens (including phenoxy) is 1. The molecule has 1 aliphatic rings. The van der Waals surface area contributed by atoms with Crippen LogP contribution < -0.4 is 0 Å². The van der Waals surface area contributed by atoms with Crippen LogP contribution in [0.5, 0.6) is 0 Å². The summed E-state index contributed by atoms with van der Waals surface area (Å²) in [5.41, 5.74) is 4.14. The number of amides is 1. The molecule has 0 radical (unpaired) electrons. The van der Waals surface area contributed by atoms with E-state index in [1.165, 1.54) is 5.56 Å². The maximum absolute atomic E-state index is 13.1. The van der Waals surface area contributed by atoms with E-state index in [1.807, 2.05) is 41.4 Å². The van der Waals surface area contributed by atoms with Gasteiger partial charge in [0, 0.05) is 49.2 Å². The third-order valence-corrected chi connectivity index (χ3v) is 6.14. The van der Waals surface area contributed by atoms with Gasteiger partial charge in [0.2, 0.25) is 11.7 Å². The topological polar surface area (TPSA) is 73.4 Å². The highest BCUT2D eigenvalue weighted by atomic mass is 16.5. The Bertz CT molecular complexity index is 1250. The van der Waals surface area contributed by atoms with E-state index in [-0.39, 0.29) is 5.91 Å². The highest BCUT2D eigenvalue weighted by molar-refractivity contribution is 6.07. The smallest absolute Gasteiger partial charge is 0.256 e. The molecule has 4 aromatic rings. The van der Waals surface area contributed by atoms with E-state index >= 15 is 0 Å². The first-order valence-electron chi connectivity index (χ1n) is 11.5. The van der Waals surface area contributed by atoms with Gasteiger partial charge in [0.15, 0.2) is 0 Å². The minimum Gasteiger partial charge on any atom is -0.378 e. The predicted molar refractivity (Wildman–Crippen MR) is 126 cm³/mol. The highest BCUT2D eigenvalue weighted by Gasteiger charge is 2.22. The lowest BCUT2D eigenvalue weighted by Crippen LogP contribution is -2.40. The van der Waals surface area contributed by atoms with Gasteiger partial charge < -0.3 is 18.7 Å². The predicted octanol–water partition coefficient (Wildman–Crippen LogP) is 4.50. The molecule has 0 bridgehead atoms. The van der Waals surface area contributed by atoms with Crippen LogP contribution in [-0.4, -0.2) is 51.8 Å². The van der Waals surface area contributed by atoms with E-state index < -0.39 is 0 Å². The van der Waals surface area contributed by atoms with Crippen LogP contribution in [0.25, 0.3) is 22.3 Å². The summed E-state index contributed by atoms with van der Waals surface area (Å²) in [5.74, 6) is 1.30. The molecule has 0 unspecified atom stereocenters. The number of hydrogen-bond donors (Lipinski definition) is 0. The third kappa shape index (κ3) is 4.68. The van der Waals surface area contributed by atoms with Crippen molar-refractivity contribution >= 4 is 16.8 Å². The summed E-state index contributed by atoms with van der Waals surface area (Å²) in [6.07, 6.45) is 5.08. The van der Waals surface area contributed by atoms with Crippen LogP contribution in [0.4, 0.5) is 0 Å². The van der Waals surface area contributed by atoms with E-state index in [4.69, 9.17) is 9.26 Å². The highest BCUT2D eigenvalue weighted by Crippen LogP contribution is 2.24. The first kappa shape index (κ1) is 21.4. The molecule has 2 aromatic carbocycles. The summed E-state index contributed by atoms with van der Waals surface area (Å²) in [5, 5.41) is 5.04. The molecule has 0 saturated carbocycles. The average Bonchev–Trinajstić information content (AvgIpc) is 3.46. The molecule has 2 aromatic heterocycles. The monoisotopic (exact) mass is 444 g/mol. The molecule has 0 spiro atoms. The summed E-state index contributed by atoms with van der Waals surface area (Å²) in [6.45, 7) is 5.20. The summed E-state index contributed by atoms with van der Waals surface area (Å²) in [4.78, 5) is 19.3. The molecule has 1 fully saturated rings. The Morgan fingerprint density at radius 1 is 1.06 bits per heavy atom. The summed E-state index contributed by atoms with van der Waals surface area (Å²) < 4.78 is 12.7. The number of fused-ring (bicyclic) bond motifs is 1. The number of carbonyl (C=O) groups excluding carboxylic acids is 1. The van der Waals surface area contributed by atoms with Gasteiger partial charge in [-0.25, -0.2) is 0 Å². The molecule has 1 saturated heterocycles. The van der Waals surface area contributed by atoms with Crippen molar-refractivity contribution in [3.8, 4) is 11.4 Å². The number of nitrogens with zero attached hydrogens (tertiary/aromatic N) is 4. The second-order valence-corrected chi connectivity index (χ2v) is 8.45. The molecule has 170 valence electrons. The van der Waals surface area contributed by atoms with Crippen LogP contribution >= 0.6 is 0 Å². The van der Waals surface area contributed by atoms with Crippen molar-refractivity contribution < 1.29 is 14.1 Å². The van der Waals surface area contributed by atoms with E-state index in [2.05, 4.69) is 32.9 Å². The molecule has 7 nitrogen and oxygen atoms in total. The SMILES string of the molecule is Cc1nc(-c2cccc(CCCCn3cc(C(=O)N4CCOCC4)c4ccccc43)c2)no1. The zero-order valence-electron chi connectivity index (χ0n) is 18.9. The standard InChI is InChI=1S/C26H28N4O3/c1-19-27-25(28-33-19)21-9-6-8-20(17-21)7-4-5-12-30-18-23(22-10-2-3-11-24(22)30)26(31)29-13-15-32-16-14-29/h2-3,6,8-11,17-18H,4-5,7,12-16H2,1H3. The number of aryl methyl sites for hydroxylation is 3. The maximum Gasteiger partial charge on any atom is 0.256 e. The first-order valence-corrected chi connectivity index (χ1v) is 11.5. The fraction of sp³-hybridized carbons (Fsp3) is 0.346. The first-order chi connectivity index (χ1) is 16.2. The number of hydrogen-bond acceptors (Lipinski definition) is 5. The van der Waals surface area contributed by atoms with E-state index in [9.17, 15) is 4.79 Å². The van der Waals surface area contributed by atoms with Gasteiger partial charge in [0.25, 0.3) is 5.91 Å². The second kappa shape index (κ2) is 9.58. The van der Waals surface area contributed by atoms with Gasteiger partial charge in [-0.05, 0) is 37.0 Å². The van der Waals surface area contributed by atoms with Gasteiger partial charge in [-0.2, -0.15) is 4.98 Å². The number of benzene rings is 2. The van der Waals surface area contributed by atoms with Crippen molar-refractivity contribution in [3.63, 3.8) is 0 Å². The lowest BCUT2D eigenvalue weighted by atomic mass is 10.0. The minimum atomic E-state index is 0.0989. The number of aromatic nitrogens is 3. The third-order valence-electron chi connectivity index (χ3n) is 6.14. The van der Waals surface area contributed by atoms with Crippen LogP contribution in [0.15, 0.2) is 59.3 Å². The van der Waals surface area contributed by atoms with E-state index in [1.54, 1.807) is 6.92 Å². The van der Waals surface area contributed by atoms with Crippen molar-refractivity contribution in [1.29, 1.82) is 0 Å². The van der Waals surface area contributed by atoms with Crippen molar-refractivity contribution in [3.05, 3.63) is 71.7 Å². The molecular weight excluding hydrogens is 416 g/mol. The van der Waals surface area contributed by atoms with Crippen LogP contribution in [0, 0.1) is 6.92 Å². The van der Waals surface area contributed by atoms with Crippen LogP contribution in [0.1, 0.15) is 34.7 Å². The summed E-state index contributed by atoms with van der Waals surface area (Å²) in [7, 11) is 0. The lowest BCUT2D eigenvalue weighted by molar-refractivity contribution is 0.0304. The van der Waals surface area contributed by atoms with E-state index in [0.717, 1.165) is 47.8 Å². The average molecular weight is 445 g/mol. The van der Waals surface area contributed by atoms with Crippen molar-refractivity contribution in [2.75, 3.05) is 26.3 Å². The van der Waals surface area contributed by atoms with Gasteiger partial charge in [-0.3, -0.25) is 4.79 Å². The molecule has 1 amide bonds. The van der Waals surface area contributed by atoms with Gasteiger partial charge in [-0.15, -0.1) is 0 Å². The molecule has 3 heterocycles. The molecule has 7 heteroatoms. The van der Waals surface area contributed by atoms with Crippen molar-refractivity contribution in [1.82, 2.24) is 19.6 Å². The van der Waals surface area contributed by atoms with Crippen LogP contribution in [0.2, 0.25) is 0 Å². The zero-order valence-corrected chi connectivity index (χ0v) is 18.9. The zero-order chi connectivity index (χ0) is 22.6. The molecule has 0 aliphatic carbocycles. The Hall–Kier alpha value is -3.45. The molecule has 0 N–H and O–H groups in total. The summed E-state index contributed by atoms with van der Waals surface area (Å²) in [6, 6.07) is 16.5. The number of para-hydroxylation sites is 1. The summed E-state index contributed by atoms with van der Waals surface area (Å²) >= 11 is 0. The van der Waals surface area contributed by atoms with E-state index in [0.29, 0.717) is 38.0 Å². The Morgan fingerprint density at radius 3 is 2.73 bits per heavy atom. The van der Waals surface area contributed by atoms with Gasteiger partial charge in [0.1, 0.15) is 0 Å². The Kier molecular flexibility index (Phi) is 6.21. The minimum absolute atomic E-state index is 0.0989. The molecular formula is C26H28N4O3. The van der Waals surface area contributed by atoms with Gasteiger partial charge in [-0.1, -0.05) is 41.6 Å². The van der Waals surface area contributed by atoms with Gasteiger partial charge in [0.05, 0.1) is 18.8 Å². The fourth-order valence-electron chi connectivity index (χ4n) is 4.43. The Balaban J connectivity index is 1.24. The Morgan fingerprint density at radius 2 is 1.91 bits per heavy atom.